The molecular formula is C17H22ClN3O2. The highest BCUT2D eigenvalue weighted by Gasteiger charge is 2.45. The minimum absolute atomic E-state index is 0.0592. The van der Waals surface area contributed by atoms with Crippen molar-refractivity contribution in [2.45, 2.75) is 20.3 Å². The lowest BCUT2D eigenvalue weighted by atomic mass is 9.92. The van der Waals surface area contributed by atoms with Crippen molar-refractivity contribution in [3.05, 3.63) is 29.3 Å². The van der Waals surface area contributed by atoms with E-state index in [0.717, 1.165) is 36.9 Å². The van der Waals surface area contributed by atoms with Crippen molar-refractivity contribution in [3.63, 3.8) is 0 Å². The molecule has 3 rings (SSSR count). The largest absolute Gasteiger partial charge is 0.368 e. The van der Waals surface area contributed by atoms with E-state index in [1.165, 1.54) is 4.90 Å². The zero-order valence-electron chi connectivity index (χ0n) is 13.6. The van der Waals surface area contributed by atoms with Gasteiger partial charge in [-0.1, -0.05) is 37.6 Å². The molecule has 1 aromatic carbocycles. The molecule has 0 radical (unpaired) electrons. The van der Waals surface area contributed by atoms with Crippen molar-refractivity contribution in [1.29, 1.82) is 0 Å². The number of likely N-dealkylation sites (tertiary alicyclic amines) is 1. The van der Waals surface area contributed by atoms with Gasteiger partial charge in [0.1, 0.15) is 0 Å². The van der Waals surface area contributed by atoms with Crippen LogP contribution in [0.1, 0.15) is 20.3 Å². The van der Waals surface area contributed by atoms with E-state index in [9.17, 15) is 9.59 Å². The van der Waals surface area contributed by atoms with Crippen LogP contribution < -0.4 is 4.90 Å². The van der Waals surface area contributed by atoms with E-state index in [2.05, 4.69) is 9.80 Å². The molecule has 2 saturated heterocycles. The van der Waals surface area contributed by atoms with Gasteiger partial charge in [-0.15, -0.1) is 0 Å². The first-order valence-electron chi connectivity index (χ1n) is 7.95. The number of nitrogens with zero attached hydrogens (tertiary/aromatic N) is 3. The van der Waals surface area contributed by atoms with Gasteiger partial charge in [-0.05, 0) is 12.1 Å². The Morgan fingerprint density at radius 2 is 1.74 bits per heavy atom. The van der Waals surface area contributed by atoms with Gasteiger partial charge >= 0.3 is 0 Å². The highest BCUT2D eigenvalue weighted by Crippen LogP contribution is 2.32. The molecule has 2 fully saturated rings. The molecule has 1 aromatic rings. The van der Waals surface area contributed by atoms with Crippen LogP contribution in [0.4, 0.5) is 5.69 Å². The van der Waals surface area contributed by atoms with E-state index >= 15 is 0 Å². The lowest BCUT2D eigenvalue weighted by Gasteiger charge is -2.37. The molecule has 124 valence electrons. The lowest BCUT2D eigenvalue weighted by molar-refractivity contribution is -0.143. The summed E-state index contributed by atoms with van der Waals surface area (Å²) >= 11 is 6.25. The van der Waals surface area contributed by atoms with Gasteiger partial charge in [0.2, 0.25) is 11.8 Å². The Kier molecular flexibility index (Phi) is 4.34. The molecule has 0 N–H and O–H groups in total. The first kappa shape index (κ1) is 16.3. The van der Waals surface area contributed by atoms with E-state index in [1.54, 1.807) is 0 Å². The second-order valence-electron chi connectivity index (χ2n) is 6.89. The Balaban J connectivity index is 1.59. The van der Waals surface area contributed by atoms with Crippen LogP contribution in [0.2, 0.25) is 5.02 Å². The molecule has 0 aromatic heterocycles. The Bertz CT molecular complexity index is 624. The lowest BCUT2D eigenvalue weighted by Crippen LogP contribution is -2.51. The van der Waals surface area contributed by atoms with Gasteiger partial charge in [-0.25, -0.2) is 0 Å². The van der Waals surface area contributed by atoms with Crippen molar-refractivity contribution < 1.29 is 9.59 Å². The number of carbonyl (C=O) groups excluding carboxylic acids is 2. The van der Waals surface area contributed by atoms with Crippen LogP contribution in [0.3, 0.4) is 0 Å². The molecule has 2 amide bonds. The van der Waals surface area contributed by atoms with Crippen molar-refractivity contribution in [2.24, 2.45) is 5.41 Å². The van der Waals surface area contributed by atoms with Gasteiger partial charge in [0.05, 0.1) is 22.8 Å². The number of rotatable bonds is 3. The van der Waals surface area contributed by atoms with Gasteiger partial charge in [-0.2, -0.15) is 0 Å². The minimum Gasteiger partial charge on any atom is -0.368 e. The van der Waals surface area contributed by atoms with E-state index in [1.807, 2.05) is 38.1 Å². The molecule has 2 heterocycles. The average Bonchev–Trinajstić information content (AvgIpc) is 2.71. The smallest absolute Gasteiger partial charge is 0.236 e. The van der Waals surface area contributed by atoms with Crippen LogP contribution >= 0.6 is 11.6 Å². The maximum absolute atomic E-state index is 12.3. The number of para-hydroxylation sites is 1. The molecule has 23 heavy (non-hydrogen) atoms. The van der Waals surface area contributed by atoms with Crippen LogP contribution in [-0.2, 0) is 9.59 Å². The van der Waals surface area contributed by atoms with Crippen molar-refractivity contribution >= 4 is 29.1 Å². The number of benzene rings is 1. The maximum Gasteiger partial charge on any atom is 0.236 e. The third-order valence-electron chi connectivity index (χ3n) is 4.63. The fourth-order valence-corrected chi connectivity index (χ4v) is 3.46. The quantitative estimate of drug-likeness (QED) is 0.794. The number of anilines is 1. The molecule has 6 heteroatoms. The SMILES string of the molecule is CC1(C)CC(=O)N(CN2CCN(c3ccccc3Cl)CC2)C1=O. The molecule has 0 unspecified atom stereocenters. The normalized spacial score (nSPS) is 22.0. The number of imide groups is 1. The van der Waals surface area contributed by atoms with E-state index in [0.29, 0.717) is 13.1 Å². The molecular weight excluding hydrogens is 314 g/mol. The second kappa shape index (κ2) is 6.13. The predicted molar refractivity (Wildman–Crippen MR) is 90.4 cm³/mol. The first-order chi connectivity index (χ1) is 10.9. The third kappa shape index (κ3) is 3.21. The number of piperazine rings is 1. The van der Waals surface area contributed by atoms with Gasteiger partial charge in [0, 0.05) is 32.6 Å². The van der Waals surface area contributed by atoms with Gasteiger partial charge in [-0.3, -0.25) is 19.4 Å². The number of hydrogen-bond donors (Lipinski definition) is 0. The summed E-state index contributed by atoms with van der Waals surface area (Å²) in [5.74, 6) is -0.121. The summed E-state index contributed by atoms with van der Waals surface area (Å²) in [7, 11) is 0. The predicted octanol–water partition coefficient (Wildman–Crippen LogP) is 2.20. The first-order valence-corrected chi connectivity index (χ1v) is 8.33. The summed E-state index contributed by atoms with van der Waals surface area (Å²) in [6.07, 6.45) is 0.311. The Morgan fingerprint density at radius 3 is 2.30 bits per heavy atom. The molecule has 0 aliphatic carbocycles. The van der Waals surface area contributed by atoms with Gasteiger partial charge in [0.25, 0.3) is 0 Å². The van der Waals surface area contributed by atoms with Crippen LogP contribution in [0.5, 0.6) is 0 Å². The molecule has 5 nitrogen and oxygen atoms in total. The molecule has 2 aliphatic rings. The van der Waals surface area contributed by atoms with E-state index < -0.39 is 5.41 Å². The summed E-state index contributed by atoms with van der Waals surface area (Å²) in [5.41, 5.74) is 0.486. The summed E-state index contributed by atoms with van der Waals surface area (Å²) in [5, 5.41) is 0.757. The van der Waals surface area contributed by atoms with Gasteiger partial charge < -0.3 is 4.90 Å². The molecule has 0 saturated carbocycles. The fraction of sp³-hybridized carbons (Fsp3) is 0.529. The zero-order valence-corrected chi connectivity index (χ0v) is 14.3. The summed E-state index contributed by atoms with van der Waals surface area (Å²) in [4.78, 5) is 30.2. The standard InChI is InChI=1S/C17H22ClN3O2/c1-17(2)11-15(22)21(16(17)23)12-19-7-9-20(10-8-19)14-6-4-3-5-13(14)18/h3-6H,7-12H2,1-2H3. The summed E-state index contributed by atoms with van der Waals surface area (Å²) in [6, 6.07) is 7.83. The minimum atomic E-state index is -0.559. The second-order valence-corrected chi connectivity index (χ2v) is 7.29. The highest BCUT2D eigenvalue weighted by molar-refractivity contribution is 6.33. The number of amides is 2. The molecule has 2 aliphatic heterocycles. The molecule has 0 atom stereocenters. The van der Waals surface area contributed by atoms with Crippen molar-refractivity contribution in [1.82, 2.24) is 9.80 Å². The number of carbonyl (C=O) groups is 2. The van der Waals surface area contributed by atoms with Crippen LogP contribution in [0.15, 0.2) is 24.3 Å². The van der Waals surface area contributed by atoms with Crippen LogP contribution in [0.25, 0.3) is 0 Å². The maximum atomic E-state index is 12.3. The highest BCUT2D eigenvalue weighted by atomic mass is 35.5. The summed E-state index contributed by atoms with van der Waals surface area (Å²) in [6.45, 7) is 7.36. The van der Waals surface area contributed by atoms with Crippen molar-refractivity contribution in [3.8, 4) is 0 Å². The van der Waals surface area contributed by atoms with Crippen LogP contribution in [-0.4, -0.2) is 54.5 Å². The van der Waals surface area contributed by atoms with Gasteiger partial charge in [0.15, 0.2) is 0 Å². The van der Waals surface area contributed by atoms with E-state index in [4.69, 9.17) is 11.6 Å². The number of hydrogen-bond acceptors (Lipinski definition) is 4. The Hall–Kier alpha value is -1.59. The van der Waals surface area contributed by atoms with Crippen LogP contribution in [0, 0.1) is 5.41 Å². The number of halogens is 1. The van der Waals surface area contributed by atoms with E-state index in [-0.39, 0.29) is 11.8 Å². The monoisotopic (exact) mass is 335 g/mol. The zero-order chi connectivity index (χ0) is 16.6. The fourth-order valence-electron chi connectivity index (χ4n) is 3.21. The summed E-state index contributed by atoms with van der Waals surface area (Å²) < 4.78 is 0. The third-order valence-corrected chi connectivity index (χ3v) is 4.94. The molecule has 0 spiro atoms. The average molecular weight is 336 g/mol. The van der Waals surface area contributed by atoms with Crippen molar-refractivity contribution in [2.75, 3.05) is 37.7 Å². The Morgan fingerprint density at radius 1 is 1.09 bits per heavy atom. The topological polar surface area (TPSA) is 43.9 Å². The molecule has 0 bridgehead atoms. The Labute approximate surface area is 141 Å².